The standard InChI is InChI=1S/C11H22N2O/c1-10-9-14-7-6-13(10)8-11-2-4-12-5-3-11/h10-12H,2-9H2,1H3/t10-/m1/s1. The number of hydrogen-bond acceptors (Lipinski definition) is 3. The van der Waals surface area contributed by atoms with Gasteiger partial charge in [0.2, 0.25) is 0 Å². The Balaban J connectivity index is 1.76. The van der Waals surface area contributed by atoms with Crippen LogP contribution >= 0.6 is 0 Å². The Morgan fingerprint density at radius 2 is 2.14 bits per heavy atom. The van der Waals surface area contributed by atoms with E-state index in [1.165, 1.54) is 32.5 Å². The summed E-state index contributed by atoms with van der Waals surface area (Å²) >= 11 is 0. The van der Waals surface area contributed by atoms with Gasteiger partial charge in [-0.2, -0.15) is 0 Å². The first-order chi connectivity index (χ1) is 6.86. The summed E-state index contributed by atoms with van der Waals surface area (Å²) in [4.78, 5) is 2.60. The fraction of sp³-hybridized carbons (Fsp3) is 1.00. The van der Waals surface area contributed by atoms with Crippen molar-refractivity contribution in [1.82, 2.24) is 10.2 Å². The summed E-state index contributed by atoms with van der Waals surface area (Å²) in [6.45, 7) is 8.96. The maximum Gasteiger partial charge on any atom is 0.0619 e. The van der Waals surface area contributed by atoms with Gasteiger partial charge < -0.3 is 10.1 Å². The van der Waals surface area contributed by atoms with Gasteiger partial charge in [0.05, 0.1) is 13.2 Å². The van der Waals surface area contributed by atoms with Crippen LogP contribution in [0, 0.1) is 5.92 Å². The molecule has 0 spiro atoms. The molecule has 2 rings (SSSR count). The second-order valence-electron chi connectivity index (χ2n) is 4.61. The molecule has 14 heavy (non-hydrogen) atoms. The molecule has 3 heteroatoms. The molecular weight excluding hydrogens is 176 g/mol. The zero-order valence-electron chi connectivity index (χ0n) is 9.17. The van der Waals surface area contributed by atoms with Crippen molar-refractivity contribution in [2.75, 3.05) is 39.4 Å². The van der Waals surface area contributed by atoms with Crippen LogP contribution in [0.1, 0.15) is 19.8 Å². The van der Waals surface area contributed by atoms with Crippen LogP contribution < -0.4 is 5.32 Å². The first kappa shape index (κ1) is 10.4. The van der Waals surface area contributed by atoms with Crippen molar-refractivity contribution in [2.24, 2.45) is 5.92 Å². The van der Waals surface area contributed by atoms with E-state index in [-0.39, 0.29) is 0 Å². The molecule has 1 N–H and O–H groups in total. The van der Waals surface area contributed by atoms with E-state index >= 15 is 0 Å². The van der Waals surface area contributed by atoms with E-state index in [4.69, 9.17) is 4.74 Å². The van der Waals surface area contributed by atoms with Crippen LogP contribution in [0.5, 0.6) is 0 Å². The van der Waals surface area contributed by atoms with Crippen molar-refractivity contribution in [3.05, 3.63) is 0 Å². The lowest BCUT2D eigenvalue weighted by atomic mass is 9.97. The van der Waals surface area contributed by atoms with Gasteiger partial charge in [0.25, 0.3) is 0 Å². The monoisotopic (exact) mass is 198 g/mol. The van der Waals surface area contributed by atoms with Gasteiger partial charge in [0.1, 0.15) is 0 Å². The van der Waals surface area contributed by atoms with Gasteiger partial charge in [-0.3, -0.25) is 4.90 Å². The lowest BCUT2D eigenvalue weighted by molar-refractivity contribution is -0.00912. The van der Waals surface area contributed by atoms with Crippen LogP contribution in [-0.2, 0) is 4.74 Å². The van der Waals surface area contributed by atoms with Gasteiger partial charge in [0.15, 0.2) is 0 Å². The molecule has 1 atom stereocenters. The van der Waals surface area contributed by atoms with Crippen LogP contribution in [0.2, 0.25) is 0 Å². The first-order valence-electron chi connectivity index (χ1n) is 5.89. The maximum atomic E-state index is 5.45. The average Bonchev–Trinajstić information content (AvgIpc) is 2.23. The van der Waals surface area contributed by atoms with Crippen molar-refractivity contribution in [3.63, 3.8) is 0 Å². The van der Waals surface area contributed by atoms with Gasteiger partial charge in [-0.25, -0.2) is 0 Å². The van der Waals surface area contributed by atoms with E-state index in [9.17, 15) is 0 Å². The van der Waals surface area contributed by atoms with E-state index in [1.807, 2.05) is 0 Å². The smallest absolute Gasteiger partial charge is 0.0619 e. The van der Waals surface area contributed by atoms with Crippen LogP contribution in [0.3, 0.4) is 0 Å². The minimum atomic E-state index is 0.624. The molecule has 0 aromatic rings. The number of piperidine rings is 1. The Morgan fingerprint density at radius 1 is 1.36 bits per heavy atom. The van der Waals surface area contributed by atoms with E-state index in [2.05, 4.69) is 17.1 Å². The maximum absolute atomic E-state index is 5.45. The third-order valence-electron chi connectivity index (χ3n) is 3.46. The van der Waals surface area contributed by atoms with Gasteiger partial charge in [-0.05, 0) is 38.8 Å². The first-order valence-corrected chi connectivity index (χ1v) is 5.89. The molecule has 0 amide bonds. The van der Waals surface area contributed by atoms with Crippen molar-refractivity contribution in [1.29, 1.82) is 0 Å². The molecule has 0 bridgehead atoms. The molecule has 0 saturated carbocycles. The highest BCUT2D eigenvalue weighted by atomic mass is 16.5. The fourth-order valence-corrected chi connectivity index (χ4v) is 2.43. The normalized spacial score (nSPS) is 31.9. The number of nitrogens with zero attached hydrogens (tertiary/aromatic N) is 1. The van der Waals surface area contributed by atoms with Gasteiger partial charge in [-0.1, -0.05) is 0 Å². The van der Waals surface area contributed by atoms with Gasteiger partial charge >= 0.3 is 0 Å². The lowest BCUT2D eigenvalue weighted by Crippen LogP contribution is -2.47. The quantitative estimate of drug-likeness (QED) is 0.707. The Hall–Kier alpha value is -0.120. The molecular formula is C11H22N2O. The number of hydrogen-bond donors (Lipinski definition) is 1. The van der Waals surface area contributed by atoms with E-state index < -0.39 is 0 Å². The molecule has 0 aromatic carbocycles. The molecule has 0 aliphatic carbocycles. The Bertz CT molecular complexity index is 169. The Labute approximate surface area is 86.8 Å². The number of morpholine rings is 1. The number of ether oxygens (including phenoxy) is 1. The van der Waals surface area contributed by atoms with E-state index in [0.717, 1.165) is 25.7 Å². The summed E-state index contributed by atoms with van der Waals surface area (Å²) in [5, 5.41) is 3.42. The molecule has 0 unspecified atom stereocenters. The lowest BCUT2D eigenvalue weighted by Gasteiger charge is -2.36. The van der Waals surface area contributed by atoms with Crippen molar-refractivity contribution in [3.8, 4) is 0 Å². The highest BCUT2D eigenvalue weighted by Gasteiger charge is 2.22. The highest BCUT2D eigenvalue weighted by molar-refractivity contribution is 4.77. The third-order valence-corrected chi connectivity index (χ3v) is 3.46. The fourth-order valence-electron chi connectivity index (χ4n) is 2.43. The molecule has 0 radical (unpaired) electrons. The van der Waals surface area contributed by atoms with Crippen molar-refractivity contribution >= 4 is 0 Å². The second kappa shape index (κ2) is 5.10. The van der Waals surface area contributed by atoms with Crippen molar-refractivity contribution < 1.29 is 4.74 Å². The highest BCUT2D eigenvalue weighted by Crippen LogP contribution is 2.16. The predicted octanol–water partition coefficient (Wildman–Crippen LogP) is 0.707. The van der Waals surface area contributed by atoms with Gasteiger partial charge in [-0.15, -0.1) is 0 Å². The summed E-state index contributed by atoms with van der Waals surface area (Å²) in [5.41, 5.74) is 0. The van der Waals surface area contributed by atoms with E-state index in [1.54, 1.807) is 0 Å². The Kier molecular flexibility index (Phi) is 3.79. The molecule has 2 fully saturated rings. The predicted molar refractivity (Wildman–Crippen MR) is 57.4 cm³/mol. The SMILES string of the molecule is C[C@@H]1COCCN1CC1CCNCC1. The molecule has 0 aromatic heterocycles. The molecule has 3 nitrogen and oxygen atoms in total. The minimum absolute atomic E-state index is 0.624. The van der Waals surface area contributed by atoms with Crippen molar-refractivity contribution in [2.45, 2.75) is 25.8 Å². The van der Waals surface area contributed by atoms with Crippen LogP contribution in [0.25, 0.3) is 0 Å². The van der Waals surface area contributed by atoms with Crippen LogP contribution in [0.15, 0.2) is 0 Å². The van der Waals surface area contributed by atoms with Gasteiger partial charge in [0, 0.05) is 19.1 Å². The molecule has 82 valence electrons. The molecule has 2 aliphatic heterocycles. The molecule has 2 saturated heterocycles. The zero-order valence-corrected chi connectivity index (χ0v) is 9.17. The summed E-state index contributed by atoms with van der Waals surface area (Å²) in [7, 11) is 0. The molecule has 2 heterocycles. The van der Waals surface area contributed by atoms with Crippen LogP contribution in [-0.4, -0.2) is 50.3 Å². The average molecular weight is 198 g/mol. The summed E-state index contributed by atoms with van der Waals surface area (Å²) < 4.78 is 5.45. The van der Waals surface area contributed by atoms with Crippen LogP contribution in [0.4, 0.5) is 0 Å². The summed E-state index contributed by atoms with van der Waals surface area (Å²) in [6.07, 6.45) is 2.70. The minimum Gasteiger partial charge on any atom is -0.379 e. The van der Waals surface area contributed by atoms with E-state index in [0.29, 0.717) is 6.04 Å². The second-order valence-corrected chi connectivity index (χ2v) is 4.61. The number of nitrogens with one attached hydrogen (secondary N) is 1. The summed E-state index contributed by atoms with van der Waals surface area (Å²) in [6, 6.07) is 0.624. The Morgan fingerprint density at radius 3 is 2.86 bits per heavy atom. The topological polar surface area (TPSA) is 24.5 Å². The molecule has 2 aliphatic rings. The zero-order chi connectivity index (χ0) is 9.80. The third kappa shape index (κ3) is 2.69. The number of rotatable bonds is 2. The summed E-state index contributed by atoms with van der Waals surface area (Å²) in [5.74, 6) is 0.914. The largest absolute Gasteiger partial charge is 0.379 e.